The van der Waals surface area contributed by atoms with Crippen LogP contribution in [0.1, 0.15) is 50.7 Å². The SMILES string of the molecule is CC(C)c1cccnc1S(=O)c1ncccc1C(C)C. The van der Waals surface area contributed by atoms with E-state index in [9.17, 15) is 4.21 Å². The van der Waals surface area contributed by atoms with Crippen LogP contribution < -0.4 is 0 Å². The summed E-state index contributed by atoms with van der Waals surface area (Å²) in [5.41, 5.74) is 2.04. The number of nitrogens with zero attached hydrogens (tertiary/aromatic N) is 2. The average molecular weight is 288 g/mol. The summed E-state index contributed by atoms with van der Waals surface area (Å²) in [7, 11) is -1.33. The minimum atomic E-state index is -1.33. The Labute approximate surface area is 122 Å². The molecule has 0 N–H and O–H groups in total. The fourth-order valence-corrected chi connectivity index (χ4v) is 3.62. The van der Waals surface area contributed by atoms with Crippen LogP contribution in [0.3, 0.4) is 0 Å². The molecule has 0 fully saturated rings. The van der Waals surface area contributed by atoms with E-state index in [2.05, 4.69) is 37.7 Å². The third-order valence-corrected chi connectivity index (χ3v) is 4.58. The number of rotatable bonds is 4. The number of aromatic nitrogens is 2. The van der Waals surface area contributed by atoms with Gasteiger partial charge in [-0.05, 0) is 35.1 Å². The maximum absolute atomic E-state index is 12.9. The van der Waals surface area contributed by atoms with Crippen LogP contribution in [0.2, 0.25) is 0 Å². The van der Waals surface area contributed by atoms with Gasteiger partial charge in [0.25, 0.3) is 0 Å². The van der Waals surface area contributed by atoms with Gasteiger partial charge in [0.15, 0.2) is 0 Å². The summed E-state index contributed by atoms with van der Waals surface area (Å²) in [5, 5.41) is 1.26. The maximum atomic E-state index is 12.9. The van der Waals surface area contributed by atoms with Gasteiger partial charge in [-0.25, -0.2) is 14.2 Å². The van der Waals surface area contributed by atoms with E-state index in [0.29, 0.717) is 10.1 Å². The molecule has 2 aromatic rings. The third kappa shape index (κ3) is 2.96. The van der Waals surface area contributed by atoms with Gasteiger partial charge in [0.1, 0.15) is 20.9 Å². The lowest BCUT2D eigenvalue weighted by atomic mass is 10.1. The predicted molar refractivity (Wildman–Crippen MR) is 81.3 cm³/mol. The summed E-state index contributed by atoms with van der Waals surface area (Å²) in [4.78, 5) is 8.67. The Hall–Kier alpha value is -1.55. The van der Waals surface area contributed by atoms with E-state index in [1.165, 1.54) is 0 Å². The van der Waals surface area contributed by atoms with E-state index in [1.807, 2.05) is 24.3 Å². The van der Waals surface area contributed by atoms with Gasteiger partial charge in [-0.1, -0.05) is 39.8 Å². The maximum Gasteiger partial charge on any atom is 0.137 e. The van der Waals surface area contributed by atoms with Gasteiger partial charge in [0, 0.05) is 12.4 Å². The van der Waals surface area contributed by atoms with E-state index >= 15 is 0 Å². The Bertz CT molecular complexity index is 570. The second-order valence-electron chi connectivity index (χ2n) is 5.37. The molecule has 0 saturated carbocycles. The molecule has 2 heterocycles. The van der Waals surface area contributed by atoms with Gasteiger partial charge in [0.05, 0.1) is 0 Å². The standard InChI is InChI=1S/C16H20N2OS/c1-11(2)13-7-5-9-17-15(13)20(19)16-14(12(3)4)8-6-10-18-16/h5-12H,1-4H3. The van der Waals surface area contributed by atoms with E-state index < -0.39 is 10.8 Å². The molecule has 0 aliphatic heterocycles. The first-order valence-corrected chi connectivity index (χ1v) is 7.99. The summed E-state index contributed by atoms with van der Waals surface area (Å²) in [6.07, 6.45) is 3.38. The molecule has 0 aliphatic carbocycles. The molecule has 2 rings (SSSR count). The zero-order chi connectivity index (χ0) is 14.7. The molecular weight excluding hydrogens is 268 g/mol. The lowest BCUT2D eigenvalue weighted by molar-refractivity contribution is 0.669. The molecule has 106 valence electrons. The zero-order valence-corrected chi connectivity index (χ0v) is 13.1. The van der Waals surface area contributed by atoms with Crippen LogP contribution >= 0.6 is 0 Å². The molecule has 0 amide bonds. The van der Waals surface area contributed by atoms with Crippen LogP contribution in [0.15, 0.2) is 46.7 Å². The highest BCUT2D eigenvalue weighted by Gasteiger charge is 2.20. The lowest BCUT2D eigenvalue weighted by Crippen LogP contribution is -2.07. The highest BCUT2D eigenvalue weighted by molar-refractivity contribution is 7.85. The monoisotopic (exact) mass is 288 g/mol. The molecule has 0 atom stereocenters. The summed E-state index contributed by atoms with van der Waals surface area (Å²) in [6.45, 7) is 8.33. The first-order chi connectivity index (χ1) is 9.52. The molecular formula is C16H20N2OS. The molecule has 3 nitrogen and oxygen atoms in total. The largest absolute Gasteiger partial charge is 0.247 e. The average Bonchev–Trinajstić information content (AvgIpc) is 2.46. The lowest BCUT2D eigenvalue weighted by Gasteiger charge is -2.14. The molecule has 4 heteroatoms. The minimum absolute atomic E-state index is 0.286. The van der Waals surface area contributed by atoms with Crippen molar-refractivity contribution in [3.8, 4) is 0 Å². The van der Waals surface area contributed by atoms with Crippen molar-refractivity contribution >= 4 is 10.8 Å². The van der Waals surface area contributed by atoms with Crippen LogP contribution in [0.4, 0.5) is 0 Å². The summed E-state index contributed by atoms with van der Waals surface area (Å²) in [5.74, 6) is 0.572. The molecule has 0 aliphatic rings. The second kappa shape index (κ2) is 6.27. The van der Waals surface area contributed by atoms with Crippen LogP contribution in [-0.2, 0) is 10.8 Å². The van der Waals surface area contributed by atoms with Crippen LogP contribution in [-0.4, -0.2) is 14.2 Å². The Morgan fingerprint density at radius 2 is 1.25 bits per heavy atom. The quantitative estimate of drug-likeness (QED) is 0.857. The first kappa shape index (κ1) is 14.9. The van der Waals surface area contributed by atoms with E-state index in [-0.39, 0.29) is 11.8 Å². The summed E-state index contributed by atoms with van der Waals surface area (Å²) >= 11 is 0. The predicted octanol–water partition coefficient (Wildman–Crippen LogP) is 3.89. The van der Waals surface area contributed by atoms with Gasteiger partial charge in [-0.3, -0.25) is 0 Å². The first-order valence-electron chi connectivity index (χ1n) is 6.84. The Morgan fingerprint density at radius 1 is 0.850 bits per heavy atom. The number of pyridine rings is 2. The summed E-state index contributed by atoms with van der Waals surface area (Å²) < 4.78 is 12.9. The smallest absolute Gasteiger partial charge is 0.137 e. The van der Waals surface area contributed by atoms with Gasteiger partial charge < -0.3 is 0 Å². The van der Waals surface area contributed by atoms with Crippen molar-refractivity contribution in [3.63, 3.8) is 0 Å². The molecule has 0 bridgehead atoms. The molecule has 0 spiro atoms. The molecule has 0 saturated heterocycles. The Balaban J connectivity index is 2.53. The van der Waals surface area contributed by atoms with Crippen LogP contribution in [0.5, 0.6) is 0 Å². The van der Waals surface area contributed by atoms with E-state index in [1.54, 1.807) is 12.4 Å². The minimum Gasteiger partial charge on any atom is -0.247 e. The molecule has 0 unspecified atom stereocenters. The van der Waals surface area contributed by atoms with Crippen molar-refractivity contribution in [2.75, 3.05) is 0 Å². The molecule has 0 radical (unpaired) electrons. The third-order valence-electron chi connectivity index (χ3n) is 3.20. The topological polar surface area (TPSA) is 42.9 Å². The normalized spacial score (nSPS) is 11.6. The summed E-state index contributed by atoms with van der Waals surface area (Å²) in [6, 6.07) is 7.75. The van der Waals surface area contributed by atoms with Gasteiger partial charge >= 0.3 is 0 Å². The zero-order valence-electron chi connectivity index (χ0n) is 12.3. The van der Waals surface area contributed by atoms with Crippen molar-refractivity contribution < 1.29 is 4.21 Å². The van der Waals surface area contributed by atoms with Crippen molar-refractivity contribution in [3.05, 3.63) is 47.8 Å². The van der Waals surface area contributed by atoms with Crippen LogP contribution in [0, 0.1) is 0 Å². The van der Waals surface area contributed by atoms with E-state index in [0.717, 1.165) is 11.1 Å². The van der Waals surface area contributed by atoms with Crippen molar-refractivity contribution in [1.29, 1.82) is 0 Å². The Kier molecular flexibility index (Phi) is 4.65. The number of hydrogen-bond donors (Lipinski definition) is 0. The fraction of sp³-hybridized carbons (Fsp3) is 0.375. The van der Waals surface area contributed by atoms with Gasteiger partial charge in [-0.2, -0.15) is 0 Å². The van der Waals surface area contributed by atoms with Crippen molar-refractivity contribution in [2.24, 2.45) is 0 Å². The van der Waals surface area contributed by atoms with Gasteiger partial charge in [0.2, 0.25) is 0 Å². The second-order valence-corrected chi connectivity index (χ2v) is 6.68. The highest BCUT2D eigenvalue weighted by atomic mass is 32.2. The van der Waals surface area contributed by atoms with Crippen LogP contribution in [0.25, 0.3) is 0 Å². The highest BCUT2D eigenvalue weighted by Crippen LogP contribution is 2.27. The van der Waals surface area contributed by atoms with Crippen molar-refractivity contribution in [2.45, 2.75) is 49.6 Å². The van der Waals surface area contributed by atoms with Gasteiger partial charge in [-0.15, -0.1) is 0 Å². The molecule has 2 aromatic heterocycles. The Morgan fingerprint density at radius 3 is 1.60 bits per heavy atom. The fourth-order valence-electron chi connectivity index (χ4n) is 2.09. The molecule has 0 aromatic carbocycles. The van der Waals surface area contributed by atoms with E-state index in [4.69, 9.17) is 0 Å². The molecule has 20 heavy (non-hydrogen) atoms. The number of hydrogen-bond acceptors (Lipinski definition) is 3. The van der Waals surface area contributed by atoms with Crippen molar-refractivity contribution in [1.82, 2.24) is 9.97 Å².